The first-order valence-corrected chi connectivity index (χ1v) is 7.12. The molecular weight excluding hydrogens is 260 g/mol. The number of halogens is 2. The van der Waals surface area contributed by atoms with Gasteiger partial charge in [-0.3, -0.25) is 0 Å². The maximum atomic E-state index is 13.4. The number of hydrogen-bond acceptors (Lipinski definition) is 3. The van der Waals surface area contributed by atoms with Crippen molar-refractivity contribution in [3.63, 3.8) is 0 Å². The first kappa shape index (κ1) is 15.0. The zero-order valence-electron chi connectivity index (χ0n) is 10.6. The molecule has 0 aromatic heterocycles. The molecule has 102 valence electrons. The Balaban J connectivity index is 3.08. The van der Waals surface area contributed by atoms with Crippen LogP contribution in [0.1, 0.15) is 20.8 Å². The summed E-state index contributed by atoms with van der Waals surface area (Å²) in [6.45, 7) is 5.40. The molecule has 0 radical (unpaired) electrons. The molecule has 0 saturated heterocycles. The minimum Gasteiger partial charge on any atom is -0.326 e. The molecule has 0 spiro atoms. The van der Waals surface area contributed by atoms with E-state index in [0.29, 0.717) is 6.07 Å². The lowest BCUT2D eigenvalue weighted by atomic mass is 9.89. The average molecular weight is 277 g/mol. The smallest absolute Gasteiger partial charge is 0.182 e. The fourth-order valence-corrected chi connectivity index (χ4v) is 3.09. The Bertz CT molecular complexity index is 535. The monoisotopic (exact) mass is 277 g/mol. The van der Waals surface area contributed by atoms with E-state index in [4.69, 9.17) is 5.73 Å². The Hall–Kier alpha value is -1.01. The van der Waals surface area contributed by atoms with Crippen molar-refractivity contribution in [3.8, 4) is 0 Å². The van der Waals surface area contributed by atoms with Crippen molar-refractivity contribution in [3.05, 3.63) is 29.8 Å². The fraction of sp³-hybridized carbons (Fsp3) is 0.500. The van der Waals surface area contributed by atoms with E-state index in [2.05, 4.69) is 0 Å². The van der Waals surface area contributed by atoms with Crippen molar-refractivity contribution in [2.75, 3.05) is 5.75 Å². The van der Waals surface area contributed by atoms with E-state index in [9.17, 15) is 17.2 Å². The number of benzene rings is 1. The molecule has 0 bridgehead atoms. The van der Waals surface area contributed by atoms with Gasteiger partial charge in [-0.25, -0.2) is 17.2 Å². The van der Waals surface area contributed by atoms with E-state index >= 15 is 0 Å². The molecule has 18 heavy (non-hydrogen) atoms. The zero-order chi connectivity index (χ0) is 14.1. The molecule has 0 heterocycles. The molecule has 0 aliphatic carbocycles. The molecule has 1 atom stereocenters. The molecular formula is C12H17F2NO2S. The Kier molecular flexibility index (Phi) is 4.12. The van der Waals surface area contributed by atoms with Crippen LogP contribution in [0.2, 0.25) is 0 Å². The van der Waals surface area contributed by atoms with Gasteiger partial charge in [0.05, 0.1) is 5.75 Å². The molecule has 0 aliphatic rings. The van der Waals surface area contributed by atoms with Crippen LogP contribution < -0.4 is 5.73 Å². The Morgan fingerprint density at radius 1 is 1.28 bits per heavy atom. The maximum absolute atomic E-state index is 13.4. The van der Waals surface area contributed by atoms with Gasteiger partial charge in [-0.1, -0.05) is 20.8 Å². The van der Waals surface area contributed by atoms with E-state index in [1.807, 2.05) is 0 Å². The standard InChI is InChI=1S/C12H17F2NO2S/c1-12(2,3)11(15)7-18(16,17)10-5-4-8(13)6-9(10)14/h4-6,11H,7,15H2,1-3H3. The molecule has 1 aromatic rings. The fourth-order valence-electron chi connectivity index (χ4n) is 1.30. The van der Waals surface area contributed by atoms with Crippen LogP contribution >= 0.6 is 0 Å². The topological polar surface area (TPSA) is 60.2 Å². The number of sulfone groups is 1. The van der Waals surface area contributed by atoms with E-state index in [0.717, 1.165) is 12.1 Å². The second kappa shape index (κ2) is 4.93. The summed E-state index contributed by atoms with van der Waals surface area (Å²) in [4.78, 5) is -0.511. The zero-order valence-corrected chi connectivity index (χ0v) is 11.4. The molecule has 6 heteroatoms. The second-order valence-electron chi connectivity index (χ2n) is 5.33. The van der Waals surface area contributed by atoms with E-state index in [1.54, 1.807) is 20.8 Å². The SMILES string of the molecule is CC(C)(C)C(N)CS(=O)(=O)c1ccc(F)cc1F. The summed E-state index contributed by atoms with van der Waals surface area (Å²) in [6, 6.07) is 1.76. The van der Waals surface area contributed by atoms with Crippen molar-refractivity contribution in [2.24, 2.45) is 11.1 Å². The third-order valence-corrected chi connectivity index (χ3v) is 4.54. The molecule has 1 rings (SSSR count). The quantitative estimate of drug-likeness (QED) is 0.861. The lowest BCUT2D eigenvalue weighted by molar-refractivity contribution is 0.340. The summed E-state index contributed by atoms with van der Waals surface area (Å²) in [6.07, 6.45) is 0. The highest BCUT2D eigenvalue weighted by molar-refractivity contribution is 7.91. The summed E-state index contributed by atoms with van der Waals surface area (Å²) >= 11 is 0. The van der Waals surface area contributed by atoms with Crippen LogP contribution in [0.5, 0.6) is 0 Å². The molecule has 1 unspecified atom stereocenters. The van der Waals surface area contributed by atoms with Crippen LogP contribution in [0.25, 0.3) is 0 Å². The molecule has 0 aliphatic heterocycles. The van der Waals surface area contributed by atoms with Gasteiger partial charge in [-0.05, 0) is 17.5 Å². The third kappa shape index (κ3) is 3.49. The van der Waals surface area contributed by atoms with Crippen molar-refractivity contribution in [1.29, 1.82) is 0 Å². The van der Waals surface area contributed by atoms with E-state index < -0.39 is 37.8 Å². The lowest BCUT2D eigenvalue weighted by Gasteiger charge is -2.26. The summed E-state index contributed by atoms with van der Waals surface area (Å²) < 4.78 is 50.1. The molecule has 0 saturated carbocycles. The van der Waals surface area contributed by atoms with Crippen LogP contribution in [0.15, 0.2) is 23.1 Å². The van der Waals surface area contributed by atoms with Gasteiger partial charge in [-0.2, -0.15) is 0 Å². The van der Waals surface area contributed by atoms with Gasteiger partial charge in [-0.15, -0.1) is 0 Å². The molecule has 0 fully saturated rings. The largest absolute Gasteiger partial charge is 0.326 e. The van der Waals surface area contributed by atoms with Crippen LogP contribution in [0.4, 0.5) is 8.78 Å². The number of rotatable bonds is 3. The van der Waals surface area contributed by atoms with E-state index in [1.165, 1.54) is 0 Å². The minimum absolute atomic E-state index is 0.376. The Labute approximate surface area is 106 Å². The first-order chi connectivity index (χ1) is 8.04. The summed E-state index contributed by atoms with van der Waals surface area (Å²) in [7, 11) is -3.86. The van der Waals surface area contributed by atoms with Crippen molar-refractivity contribution in [1.82, 2.24) is 0 Å². The molecule has 3 nitrogen and oxygen atoms in total. The normalized spacial score (nSPS) is 14.6. The first-order valence-electron chi connectivity index (χ1n) is 5.47. The van der Waals surface area contributed by atoms with Gasteiger partial charge in [0.2, 0.25) is 0 Å². The molecule has 0 amide bonds. The lowest BCUT2D eigenvalue weighted by Crippen LogP contribution is -2.41. The Morgan fingerprint density at radius 3 is 2.28 bits per heavy atom. The maximum Gasteiger partial charge on any atom is 0.182 e. The predicted molar refractivity (Wildman–Crippen MR) is 65.8 cm³/mol. The van der Waals surface area contributed by atoms with Crippen LogP contribution in [0.3, 0.4) is 0 Å². The number of hydrogen-bond donors (Lipinski definition) is 1. The van der Waals surface area contributed by atoms with Gasteiger partial charge in [0.25, 0.3) is 0 Å². The van der Waals surface area contributed by atoms with Crippen LogP contribution in [-0.2, 0) is 9.84 Å². The van der Waals surface area contributed by atoms with Crippen molar-refractivity contribution >= 4 is 9.84 Å². The van der Waals surface area contributed by atoms with Crippen LogP contribution in [0, 0.1) is 17.0 Å². The summed E-state index contributed by atoms with van der Waals surface area (Å²) in [5, 5.41) is 0. The van der Waals surface area contributed by atoms with E-state index in [-0.39, 0.29) is 5.75 Å². The molecule has 1 aromatic carbocycles. The summed E-state index contributed by atoms with van der Waals surface area (Å²) in [5.74, 6) is -2.28. The third-order valence-electron chi connectivity index (χ3n) is 2.74. The highest BCUT2D eigenvalue weighted by Crippen LogP contribution is 2.23. The van der Waals surface area contributed by atoms with Gasteiger partial charge in [0, 0.05) is 12.1 Å². The highest BCUT2D eigenvalue weighted by Gasteiger charge is 2.29. The Morgan fingerprint density at radius 2 is 1.83 bits per heavy atom. The molecule has 2 N–H and O–H groups in total. The highest BCUT2D eigenvalue weighted by atomic mass is 32.2. The number of nitrogens with two attached hydrogens (primary N) is 1. The van der Waals surface area contributed by atoms with Gasteiger partial charge < -0.3 is 5.73 Å². The van der Waals surface area contributed by atoms with Gasteiger partial charge in [0.15, 0.2) is 9.84 Å². The van der Waals surface area contributed by atoms with Gasteiger partial charge in [0.1, 0.15) is 16.5 Å². The van der Waals surface area contributed by atoms with Gasteiger partial charge >= 0.3 is 0 Å². The average Bonchev–Trinajstić information content (AvgIpc) is 2.14. The minimum atomic E-state index is -3.86. The van der Waals surface area contributed by atoms with Crippen molar-refractivity contribution < 1.29 is 17.2 Å². The second-order valence-corrected chi connectivity index (χ2v) is 7.33. The summed E-state index contributed by atoms with van der Waals surface area (Å²) in [5.41, 5.74) is 5.37. The predicted octanol–water partition coefficient (Wildman–Crippen LogP) is 2.11. The van der Waals surface area contributed by atoms with Crippen molar-refractivity contribution in [2.45, 2.75) is 31.7 Å². The van der Waals surface area contributed by atoms with Crippen LogP contribution in [-0.4, -0.2) is 20.2 Å².